The van der Waals surface area contributed by atoms with Crippen LogP contribution in [0.15, 0.2) is 22.7 Å². The van der Waals surface area contributed by atoms with E-state index in [1.807, 2.05) is 13.1 Å². The van der Waals surface area contributed by atoms with Gasteiger partial charge in [-0.1, -0.05) is 6.07 Å². The first-order chi connectivity index (χ1) is 7.67. The van der Waals surface area contributed by atoms with Crippen LogP contribution in [0.3, 0.4) is 0 Å². The summed E-state index contributed by atoms with van der Waals surface area (Å²) in [7, 11) is 5.43. The summed E-state index contributed by atoms with van der Waals surface area (Å²) in [6, 6.07) is 6.17. The van der Waals surface area contributed by atoms with E-state index in [0.717, 1.165) is 23.2 Å². The van der Waals surface area contributed by atoms with E-state index in [-0.39, 0.29) is 0 Å². The highest BCUT2D eigenvalue weighted by Crippen LogP contribution is 2.25. The summed E-state index contributed by atoms with van der Waals surface area (Å²) in [5.74, 6) is 0.869. The summed E-state index contributed by atoms with van der Waals surface area (Å²) >= 11 is 3.48. The summed E-state index contributed by atoms with van der Waals surface area (Å²) < 4.78 is 11.2. The second kappa shape index (κ2) is 6.89. The maximum absolute atomic E-state index is 5.19. The van der Waals surface area contributed by atoms with E-state index >= 15 is 0 Å². The van der Waals surface area contributed by atoms with Crippen LogP contribution in [-0.4, -0.2) is 39.4 Å². The van der Waals surface area contributed by atoms with Crippen LogP contribution in [0, 0.1) is 0 Å². The third kappa shape index (κ3) is 4.12. The Bertz CT molecular complexity index is 331. The van der Waals surface area contributed by atoms with Gasteiger partial charge in [0, 0.05) is 13.7 Å². The van der Waals surface area contributed by atoms with Gasteiger partial charge in [0.15, 0.2) is 0 Å². The van der Waals surface area contributed by atoms with Crippen LogP contribution >= 0.6 is 15.9 Å². The Morgan fingerprint density at radius 3 is 2.62 bits per heavy atom. The molecule has 0 saturated heterocycles. The third-order valence-electron chi connectivity index (χ3n) is 2.35. The summed E-state index contributed by atoms with van der Waals surface area (Å²) in [5, 5.41) is 0. The largest absolute Gasteiger partial charge is 0.496 e. The molecular formula is C12H18BrNO2. The van der Waals surface area contributed by atoms with Gasteiger partial charge in [-0.2, -0.15) is 0 Å². The molecule has 0 heterocycles. The van der Waals surface area contributed by atoms with Crippen molar-refractivity contribution in [1.29, 1.82) is 0 Å². The molecule has 0 radical (unpaired) electrons. The van der Waals surface area contributed by atoms with Crippen LogP contribution in [0.5, 0.6) is 5.75 Å². The van der Waals surface area contributed by atoms with Crippen molar-refractivity contribution in [2.75, 3.05) is 34.5 Å². The molecule has 90 valence electrons. The van der Waals surface area contributed by atoms with Gasteiger partial charge in [-0.05, 0) is 47.1 Å². The Morgan fingerprint density at radius 1 is 1.31 bits per heavy atom. The number of methoxy groups -OCH3 is 2. The molecule has 0 aliphatic rings. The first kappa shape index (κ1) is 13.5. The average Bonchev–Trinajstić information content (AvgIpc) is 2.27. The quantitative estimate of drug-likeness (QED) is 0.751. The fourth-order valence-electron chi connectivity index (χ4n) is 1.47. The second-order valence-corrected chi connectivity index (χ2v) is 4.57. The van der Waals surface area contributed by atoms with Crippen LogP contribution in [0.25, 0.3) is 0 Å². The lowest BCUT2D eigenvalue weighted by Crippen LogP contribution is -2.23. The molecule has 0 saturated carbocycles. The van der Waals surface area contributed by atoms with Crippen LogP contribution in [0.2, 0.25) is 0 Å². The maximum atomic E-state index is 5.19. The molecule has 16 heavy (non-hydrogen) atoms. The zero-order valence-corrected chi connectivity index (χ0v) is 11.6. The molecule has 1 rings (SSSR count). The van der Waals surface area contributed by atoms with E-state index in [4.69, 9.17) is 9.47 Å². The highest BCUT2D eigenvalue weighted by atomic mass is 79.9. The lowest BCUT2D eigenvalue weighted by Gasteiger charge is -2.15. The SMILES string of the molecule is COCN(C)CCc1ccc(OC)c(Br)c1. The van der Waals surface area contributed by atoms with Crippen LogP contribution < -0.4 is 4.74 Å². The smallest absolute Gasteiger partial charge is 0.133 e. The van der Waals surface area contributed by atoms with Gasteiger partial charge in [-0.15, -0.1) is 0 Å². The van der Waals surface area contributed by atoms with E-state index in [1.54, 1.807) is 14.2 Å². The highest BCUT2D eigenvalue weighted by molar-refractivity contribution is 9.10. The lowest BCUT2D eigenvalue weighted by atomic mass is 10.1. The molecule has 0 unspecified atom stereocenters. The van der Waals surface area contributed by atoms with E-state index in [0.29, 0.717) is 6.73 Å². The molecule has 4 heteroatoms. The van der Waals surface area contributed by atoms with Gasteiger partial charge in [0.2, 0.25) is 0 Å². The number of ether oxygens (including phenoxy) is 2. The van der Waals surface area contributed by atoms with Crippen molar-refractivity contribution in [1.82, 2.24) is 4.90 Å². The van der Waals surface area contributed by atoms with Gasteiger partial charge >= 0.3 is 0 Å². The monoisotopic (exact) mass is 287 g/mol. The first-order valence-corrected chi connectivity index (χ1v) is 5.96. The number of halogens is 1. The molecule has 0 bridgehead atoms. The van der Waals surface area contributed by atoms with Gasteiger partial charge < -0.3 is 9.47 Å². The average molecular weight is 288 g/mol. The molecule has 3 nitrogen and oxygen atoms in total. The van der Waals surface area contributed by atoms with Gasteiger partial charge in [0.05, 0.1) is 18.3 Å². The number of rotatable bonds is 6. The number of likely N-dealkylation sites (N-methyl/N-ethyl adjacent to an activating group) is 1. The van der Waals surface area contributed by atoms with Crippen molar-refractivity contribution >= 4 is 15.9 Å². The minimum absolute atomic E-state index is 0.664. The van der Waals surface area contributed by atoms with Gasteiger partial charge in [-0.3, -0.25) is 4.90 Å². The van der Waals surface area contributed by atoms with Gasteiger partial charge in [0.25, 0.3) is 0 Å². The molecule has 0 aromatic heterocycles. The predicted molar refractivity (Wildman–Crippen MR) is 68.9 cm³/mol. The van der Waals surface area contributed by atoms with E-state index in [2.05, 4.69) is 33.0 Å². The zero-order chi connectivity index (χ0) is 12.0. The van der Waals surface area contributed by atoms with Crippen molar-refractivity contribution in [3.05, 3.63) is 28.2 Å². The Morgan fingerprint density at radius 2 is 2.06 bits per heavy atom. The summed E-state index contributed by atoms with van der Waals surface area (Å²) in [4.78, 5) is 2.14. The number of nitrogens with zero attached hydrogens (tertiary/aromatic N) is 1. The van der Waals surface area contributed by atoms with E-state index in [1.165, 1.54) is 5.56 Å². The summed E-state index contributed by atoms with van der Waals surface area (Å²) in [5.41, 5.74) is 1.29. The molecule has 0 aliphatic heterocycles. The third-order valence-corrected chi connectivity index (χ3v) is 2.97. The van der Waals surface area contributed by atoms with E-state index in [9.17, 15) is 0 Å². The Labute approximate surface area is 105 Å². The van der Waals surface area contributed by atoms with Crippen LogP contribution in [0.4, 0.5) is 0 Å². The van der Waals surface area contributed by atoms with Crippen molar-refractivity contribution in [3.8, 4) is 5.75 Å². The standard InChI is InChI=1S/C12H18BrNO2/c1-14(9-15-2)7-6-10-4-5-12(16-3)11(13)8-10/h4-5,8H,6-7,9H2,1-3H3. The van der Waals surface area contributed by atoms with Gasteiger partial charge in [0.1, 0.15) is 5.75 Å². The lowest BCUT2D eigenvalue weighted by molar-refractivity contribution is 0.0827. The predicted octanol–water partition coefficient (Wildman–Crippen LogP) is 2.54. The zero-order valence-electron chi connectivity index (χ0n) is 10.00. The molecule has 0 N–H and O–H groups in total. The Kier molecular flexibility index (Phi) is 5.80. The molecule has 0 amide bonds. The second-order valence-electron chi connectivity index (χ2n) is 3.72. The van der Waals surface area contributed by atoms with Crippen LogP contribution in [0.1, 0.15) is 5.56 Å². The normalized spacial score (nSPS) is 10.8. The fourth-order valence-corrected chi connectivity index (χ4v) is 2.06. The number of hydrogen-bond donors (Lipinski definition) is 0. The molecule has 0 atom stereocenters. The van der Waals surface area contributed by atoms with Crippen molar-refractivity contribution in [2.45, 2.75) is 6.42 Å². The molecule has 0 aliphatic carbocycles. The minimum Gasteiger partial charge on any atom is -0.496 e. The Balaban J connectivity index is 2.51. The Hall–Kier alpha value is -0.580. The molecule has 1 aromatic rings. The number of benzene rings is 1. The fraction of sp³-hybridized carbons (Fsp3) is 0.500. The van der Waals surface area contributed by atoms with E-state index < -0.39 is 0 Å². The van der Waals surface area contributed by atoms with Crippen molar-refractivity contribution in [2.24, 2.45) is 0 Å². The molecule has 1 aromatic carbocycles. The molecule has 0 fully saturated rings. The van der Waals surface area contributed by atoms with Gasteiger partial charge in [-0.25, -0.2) is 0 Å². The van der Waals surface area contributed by atoms with Crippen LogP contribution in [-0.2, 0) is 11.2 Å². The summed E-state index contributed by atoms with van der Waals surface area (Å²) in [6.45, 7) is 1.64. The summed E-state index contributed by atoms with van der Waals surface area (Å²) in [6.07, 6.45) is 1.00. The minimum atomic E-state index is 0.664. The van der Waals surface area contributed by atoms with Crippen molar-refractivity contribution in [3.63, 3.8) is 0 Å². The van der Waals surface area contributed by atoms with Crippen molar-refractivity contribution < 1.29 is 9.47 Å². The topological polar surface area (TPSA) is 21.7 Å². The first-order valence-electron chi connectivity index (χ1n) is 5.17. The highest BCUT2D eigenvalue weighted by Gasteiger charge is 2.03. The number of hydrogen-bond acceptors (Lipinski definition) is 3. The molecule has 0 spiro atoms. The maximum Gasteiger partial charge on any atom is 0.133 e. The molecular weight excluding hydrogens is 270 g/mol.